The molecule has 4 heteroatoms. The van der Waals surface area contributed by atoms with Crippen LogP contribution in [0.2, 0.25) is 5.02 Å². The highest BCUT2D eigenvalue weighted by Gasteiger charge is 2.03. The van der Waals surface area contributed by atoms with Crippen LogP contribution in [-0.2, 0) is 4.79 Å². The van der Waals surface area contributed by atoms with Crippen molar-refractivity contribution >= 4 is 23.2 Å². The van der Waals surface area contributed by atoms with E-state index in [1.807, 2.05) is 25.1 Å². The first kappa shape index (κ1) is 11.9. The number of likely N-dealkylation sites (N-methyl/N-ethyl adjacent to an activating group) is 1. The van der Waals surface area contributed by atoms with Gasteiger partial charge in [-0.3, -0.25) is 4.79 Å². The Morgan fingerprint density at radius 1 is 1.47 bits per heavy atom. The van der Waals surface area contributed by atoms with Crippen molar-refractivity contribution in [1.29, 1.82) is 0 Å². The zero-order chi connectivity index (χ0) is 11.4. The summed E-state index contributed by atoms with van der Waals surface area (Å²) in [5, 5.41) is 3.72. The lowest BCUT2D eigenvalue weighted by molar-refractivity contribution is -0.126. The van der Waals surface area contributed by atoms with E-state index in [4.69, 9.17) is 11.6 Å². The van der Waals surface area contributed by atoms with E-state index in [-0.39, 0.29) is 12.5 Å². The summed E-state index contributed by atoms with van der Waals surface area (Å²) in [4.78, 5) is 12.8. The number of anilines is 1. The number of carbonyl (C=O) groups is 1. The summed E-state index contributed by atoms with van der Waals surface area (Å²) in [5.41, 5.74) is 1.89. The van der Waals surface area contributed by atoms with Crippen molar-refractivity contribution < 1.29 is 4.79 Å². The van der Waals surface area contributed by atoms with Crippen molar-refractivity contribution in [1.82, 2.24) is 4.90 Å². The molecule has 0 atom stereocenters. The molecular formula is C11H15ClN2O. The number of hydrogen-bond acceptors (Lipinski definition) is 2. The van der Waals surface area contributed by atoms with Crippen molar-refractivity contribution in [3.63, 3.8) is 0 Å². The number of aryl methyl sites for hydroxylation is 1. The summed E-state index contributed by atoms with van der Waals surface area (Å²) >= 11 is 5.96. The smallest absolute Gasteiger partial charge is 0.241 e. The van der Waals surface area contributed by atoms with Gasteiger partial charge in [0.2, 0.25) is 5.91 Å². The first-order valence-corrected chi connectivity index (χ1v) is 5.08. The highest BCUT2D eigenvalue weighted by Crippen LogP contribution is 2.19. The van der Waals surface area contributed by atoms with E-state index in [9.17, 15) is 4.79 Å². The van der Waals surface area contributed by atoms with E-state index >= 15 is 0 Å². The predicted octanol–water partition coefficient (Wildman–Crippen LogP) is 2.15. The Balaban J connectivity index is 2.58. The summed E-state index contributed by atoms with van der Waals surface area (Å²) in [6.07, 6.45) is 0. The molecule has 0 radical (unpaired) electrons. The maximum Gasteiger partial charge on any atom is 0.241 e. The molecule has 1 aromatic carbocycles. The first-order chi connectivity index (χ1) is 7.00. The fraction of sp³-hybridized carbons (Fsp3) is 0.364. The minimum atomic E-state index is 0.0340. The molecule has 1 N–H and O–H groups in total. The maximum atomic E-state index is 11.3. The van der Waals surface area contributed by atoms with Crippen molar-refractivity contribution in [2.45, 2.75) is 6.92 Å². The Labute approximate surface area is 95.0 Å². The number of amides is 1. The molecule has 0 saturated carbocycles. The Morgan fingerprint density at radius 3 is 2.67 bits per heavy atom. The molecule has 0 aliphatic carbocycles. The molecular weight excluding hydrogens is 212 g/mol. The molecule has 0 spiro atoms. The second-order valence-electron chi connectivity index (χ2n) is 3.61. The molecule has 0 fully saturated rings. The van der Waals surface area contributed by atoms with E-state index in [0.29, 0.717) is 5.02 Å². The normalized spacial score (nSPS) is 9.87. The van der Waals surface area contributed by atoms with Crippen molar-refractivity contribution in [3.8, 4) is 0 Å². The van der Waals surface area contributed by atoms with E-state index < -0.39 is 0 Å². The van der Waals surface area contributed by atoms with Gasteiger partial charge in [0.25, 0.3) is 0 Å². The number of hydrogen-bond donors (Lipinski definition) is 1. The SMILES string of the molecule is Cc1ccc(NCC(=O)N(C)C)cc1Cl. The third-order valence-corrected chi connectivity index (χ3v) is 2.52. The van der Waals surface area contributed by atoms with E-state index in [1.165, 1.54) is 0 Å². The summed E-state index contributed by atoms with van der Waals surface area (Å²) in [7, 11) is 3.46. The van der Waals surface area contributed by atoms with Crippen molar-refractivity contribution in [2.75, 3.05) is 26.0 Å². The van der Waals surface area contributed by atoms with Crippen LogP contribution >= 0.6 is 11.6 Å². The minimum Gasteiger partial charge on any atom is -0.376 e. The maximum absolute atomic E-state index is 11.3. The summed E-state index contributed by atoms with van der Waals surface area (Å²) in [5.74, 6) is 0.0340. The number of carbonyl (C=O) groups excluding carboxylic acids is 1. The monoisotopic (exact) mass is 226 g/mol. The van der Waals surface area contributed by atoms with Gasteiger partial charge in [-0.25, -0.2) is 0 Å². The minimum absolute atomic E-state index is 0.0340. The fourth-order valence-corrected chi connectivity index (χ4v) is 1.22. The number of halogens is 1. The number of rotatable bonds is 3. The molecule has 0 heterocycles. The lowest BCUT2D eigenvalue weighted by Crippen LogP contribution is -2.28. The second-order valence-corrected chi connectivity index (χ2v) is 4.01. The molecule has 1 aromatic rings. The topological polar surface area (TPSA) is 32.3 Å². The van der Waals surface area contributed by atoms with Gasteiger partial charge in [0.15, 0.2) is 0 Å². The Morgan fingerprint density at radius 2 is 2.13 bits per heavy atom. The van der Waals surface area contributed by atoms with Gasteiger partial charge in [-0.15, -0.1) is 0 Å². The Hall–Kier alpha value is -1.22. The summed E-state index contributed by atoms with van der Waals surface area (Å²) in [6.45, 7) is 2.23. The lowest BCUT2D eigenvalue weighted by Gasteiger charge is -2.12. The van der Waals surface area contributed by atoms with Crippen molar-refractivity contribution in [3.05, 3.63) is 28.8 Å². The number of nitrogens with one attached hydrogen (secondary N) is 1. The fourth-order valence-electron chi connectivity index (χ4n) is 1.04. The van der Waals surface area contributed by atoms with Gasteiger partial charge < -0.3 is 10.2 Å². The first-order valence-electron chi connectivity index (χ1n) is 4.71. The predicted molar refractivity (Wildman–Crippen MR) is 63.4 cm³/mol. The Kier molecular flexibility index (Phi) is 3.97. The van der Waals surface area contributed by atoms with Crippen LogP contribution in [0.4, 0.5) is 5.69 Å². The van der Waals surface area contributed by atoms with Crippen LogP contribution in [0.5, 0.6) is 0 Å². The molecule has 0 aliphatic rings. The molecule has 0 bridgehead atoms. The summed E-state index contributed by atoms with van der Waals surface area (Å²) in [6, 6.07) is 5.65. The van der Waals surface area contributed by atoms with Gasteiger partial charge in [-0.2, -0.15) is 0 Å². The van der Waals surface area contributed by atoms with Gasteiger partial charge in [-0.05, 0) is 24.6 Å². The number of nitrogens with zero attached hydrogens (tertiary/aromatic N) is 1. The van der Waals surface area contributed by atoms with E-state index in [1.54, 1.807) is 19.0 Å². The molecule has 0 aliphatic heterocycles. The zero-order valence-electron chi connectivity index (χ0n) is 9.17. The zero-order valence-corrected chi connectivity index (χ0v) is 9.93. The van der Waals surface area contributed by atoms with Gasteiger partial charge in [-0.1, -0.05) is 17.7 Å². The summed E-state index contributed by atoms with van der Waals surface area (Å²) < 4.78 is 0. The van der Waals surface area contributed by atoms with Crippen LogP contribution in [0.1, 0.15) is 5.56 Å². The van der Waals surface area contributed by atoms with Gasteiger partial charge in [0.1, 0.15) is 0 Å². The molecule has 3 nitrogen and oxygen atoms in total. The molecule has 0 unspecified atom stereocenters. The standard InChI is InChI=1S/C11H15ClN2O/c1-8-4-5-9(6-10(8)12)13-7-11(15)14(2)3/h4-6,13H,7H2,1-3H3. The molecule has 1 amide bonds. The average Bonchev–Trinajstić information content (AvgIpc) is 2.19. The van der Waals surface area contributed by atoms with E-state index in [2.05, 4.69) is 5.32 Å². The van der Waals surface area contributed by atoms with Crippen LogP contribution < -0.4 is 5.32 Å². The average molecular weight is 227 g/mol. The van der Waals surface area contributed by atoms with Crippen molar-refractivity contribution in [2.24, 2.45) is 0 Å². The third-order valence-electron chi connectivity index (χ3n) is 2.11. The van der Waals surface area contributed by atoms with E-state index in [0.717, 1.165) is 11.3 Å². The van der Waals surface area contributed by atoms with Crippen LogP contribution in [0.25, 0.3) is 0 Å². The van der Waals surface area contributed by atoms with Gasteiger partial charge in [0, 0.05) is 24.8 Å². The Bertz CT molecular complexity index is 364. The highest BCUT2D eigenvalue weighted by atomic mass is 35.5. The largest absolute Gasteiger partial charge is 0.376 e. The second kappa shape index (κ2) is 5.03. The molecule has 1 rings (SSSR count). The van der Waals surface area contributed by atoms with Gasteiger partial charge >= 0.3 is 0 Å². The molecule has 82 valence electrons. The number of benzene rings is 1. The lowest BCUT2D eigenvalue weighted by atomic mass is 10.2. The van der Waals surface area contributed by atoms with Crippen LogP contribution in [-0.4, -0.2) is 31.4 Å². The van der Waals surface area contributed by atoms with Gasteiger partial charge in [0.05, 0.1) is 6.54 Å². The highest BCUT2D eigenvalue weighted by molar-refractivity contribution is 6.31. The van der Waals surface area contributed by atoms with Crippen LogP contribution in [0, 0.1) is 6.92 Å². The third kappa shape index (κ3) is 3.44. The molecule has 15 heavy (non-hydrogen) atoms. The molecule has 0 saturated heterocycles. The van der Waals surface area contributed by atoms with Crippen LogP contribution in [0.3, 0.4) is 0 Å². The quantitative estimate of drug-likeness (QED) is 0.857. The molecule has 0 aromatic heterocycles. The van der Waals surface area contributed by atoms with Crippen LogP contribution in [0.15, 0.2) is 18.2 Å².